The third-order valence-corrected chi connectivity index (χ3v) is 7.63. The minimum absolute atomic E-state index is 0.0294. The Morgan fingerprint density at radius 1 is 1.05 bits per heavy atom. The number of carbonyl (C=O) groups excluding carboxylic acids is 1. The van der Waals surface area contributed by atoms with E-state index in [1.165, 1.54) is 75.4 Å². The van der Waals surface area contributed by atoms with E-state index in [1.807, 2.05) is 34.9 Å². The van der Waals surface area contributed by atoms with Crippen molar-refractivity contribution in [1.82, 2.24) is 20.2 Å². The molecule has 11 heteroatoms. The minimum atomic E-state index is -0.454. The number of thiophene rings is 1. The van der Waals surface area contributed by atoms with Gasteiger partial charge in [0, 0.05) is 18.2 Å². The molecule has 1 N–H and O–H groups in total. The number of benzene rings is 1. The minimum Gasteiger partial charge on any atom is -0.274 e. The van der Waals surface area contributed by atoms with Crippen LogP contribution in [0.3, 0.4) is 0 Å². The number of aryl methyl sites for hydroxylation is 1. The number of nitrogens with one attached hydrogen (secondary N) is 1. The van der Waals surface area contributed by atoms with E-state index in [2.05, 4.69) is 27.6 Å². The van der Waals surface area contributed by atoms with Crippen molar-refractivity contribution in [3.8, 4) is 5.69 Å². The number of hydrazone groups is 1. The number of aromatic nitrogens is 3. The summed E-state index contributed by atoms with van der Waals surface area (Å²) in [5.41, 5.74) is 3.44. The van der Waals surface area contributed by atoms with Crippen molar-refractivity contribution >= 4 is 40.2 Å². The van der Waals surface area contributed by atoms with Gasteiger partial charge in [0.25, 0.3) is 5.91 Å². The van der Waals surface area contributed by atoms with Gasteiger partial charge in [-0.1, -0.05) is 99.6 Å². The van der Waals surface area contributed by atoms with Crippen molar-refractivity contribution < 1.29 is 9.72 Å². The maximum Gasteiger partial charge on any atom is 0.324 e. The number of para-hydroxylation sites is 1. The van der Waals surface area contributed by atoms with Crippen LogP contribution in [0.5, 0.6) is 0 Å². The van der Waals surface area contributed by atoms with Crippen LogP contribution in [0.1, 0.15) is 75.4 Å². The second kappa shape index (κ2) is 15.9. The van der Waals surface area contributed by atoms with E-state index in [9.17, 15) is 14.9 Å². The van der Waals surface area contributed by atoms with Gasteiger partial charge < -0.3 is 0 Å². The molecule has 0 saturated heterocycles. The summed E-state index contributed by atoms with van der Waals surface area (Å²) in [6.07, 6.45) is 13.6. The summed E-state index contributed by atoms with van der Waals surface area (Å²) in [5, 5.41) is 24.2. The van der Waals surface area contributed by atoms with Crippen molar-refractivity contribution in [2.45, 2.75) is 76.3 Å². The van der Waals surface area contributed by atoms with Crippen LogP contribution in [0.4, 0.5) is 5.00 Å². The number of nitrogens with zero attached hydrogens (tertiary/aromatic N) is 5. The van der Waals surface area contributed by atoms with E-state index >= 15 is 0 Å². The molecule has 9 nitrogen and oxygen atoms in total. The Bertz CT molecular complexity index is 1150. The Hall–Kier alpha value is -3.05. The molecular weight excluding hydrogens is 508 g/mol. The van der Waals surface area contributed by atoms with Gasteiger partial charge in [-0.05, 0) is 24.6 Å². The highest BCUT2D eigenvalue weighted by atomic mass is 32.2. The Morgan fingerprint density at radius 3 is 2.43 bits per heavy atom. The highest BCUT2D eigenvalue weighted by Crippen LogP contribution is 2.24. The molecule has 0 atom stereocenters. The van der Waals surface area contributed by atoms with Gasteiger partial charge in [-0.2, -0.15) is 5.10 Å². The standard InChI is InChI=1S/C26H34N6O3S2/c1-2-3-4-5-6-7-8-9-13-16-23-28-30-26(31(23)21-14-11-10-12-15-21)36-20-24(33)29-27-19-22-17-18-25(37-22)32(34)35/h10-12,14-15,17-19H,2-9,13,16,20H2,1H3,(H,29,33)/b27-19-. The third-order valence-electron chi connectivity index (χ3n) is 5.72. The van der Waals surface area contributed by atoms with E-state index in [4.69, 9.17) is 0 Å². The number of hydrogen-bond acceptors (Lipinski definition) is 8. The van der Waals surface area contributed by atoms with Crippen LogP contribution in [0, 0.1) is 10.1 Å². The number of thioether (sulfide) groups is 1. The summed E-state index contributed by atoms with van der Waals surface area (Å²) in [6.45, 7) is 2.24. The zero-order valence-electron chi connectivity index (χ0n) is 21.2. The average Bonchev–Trinajstić information content (AvgIpc) is 3.54. The fourth-order valence-electron chi connectivity index (χ4n) is 3.83. The molecule has 0 unspecified atom stereocenters. The van der Waals surface area contributed by atoms with Gasteiger partial charge >= 0.3 is 5.00 Å². The molecule has 0 aliphatic heterocycles. The monoisotopic (exact) mass is 542 g/mol. The van der Waals surface area contributed by atoms with Crippen molar-refractivity contribution in [1.29, 1.82) is 0 Å². The average molecular weight is 543 g/mol. The summed E-state index contributed by atoms with van der Waals surface area (Å²) in [7, 11) is 0. The third kappa shape index (κ3) is 9.73. The van der Waals surface area contributed by atoms with Gasteiger partial charge in [-0.3, -0.25) is 19.5 Å². The Balaban J connectivity index is 1.50. The smallest absolute Gasteiger partial charge is 0.274 e. The summed E-state index contributed by atoms with van der Waals surface area (Å²) in [4.78, 5) is 23.2. The SMILES string of the molecule is CCCCCCCCCCCc1nnc(SCC(=O)N/N=C\c2ccc([N+](=O)[O-])s2)n1-c1ccccc1. The molecule has 2 aromatic heterocycles. The molecule has 1 amide bonds. The lowest BCUT2D eigenvalue weighted by atomic mass is 10.1. The molecule has 0 fully saturated rings. The lowest BCUT2D eigenvalue weighted by Gasteiger charge is -2.10. The van der Waals surface area contributed by atoms with Gasteiger partial charge in [0.2, 0.25) is 0 Å². The lowest BCUT2D eigenvalue weighted by molar-refractivity contribution is -0.380. The first kappa shape index (κ1) is 28.5. The van der Waals surface area contributed by atoms with E-state index in [0.29, 0.717) is 10.0 Å². The molecule has 0 bridgehead atoms. The zero-order chi connectivity index (χ0) is 26.3. The van der Waals surface area contributed by atoms with Crippen molar-refractivity contribution in [3.05, 3.63) is 63.3 Å². The van der Waals surface area contributed by atoms with Gasteiger partial charge in [0.1, 0.15) is 5.82 Å². The molecule has 0 saturated carbocycles. The molecule has 3 aromatic rings. The zero-order valence-corrected chi connectivity index (χ0v) is 22.8. The number of carbonyl (C=O) groups is 1. The topological polar surface area (TPSA) is 115 Å². The maximum atomic E-state index is 12.3. The summed E-state index contributed by atoms with van der Waals surface area (Å²) in [6, 6.07) is 12.9. The van der Waals surface area contributed by atoms with Crippen LogP contribution < -0.4 is 5.43 Å². The van der Waals surface area contributed by atoms with Crippen LogP contribution in [-0.2, 0) is 11.2 Å². The quantitative estimate of drug-likeness (QED) is 0.0680. The second-order valence-corrected chi connectivity index (χ2v) is 10.7. The predicted octanol–water partition coefficient (Wildman–Crippen LogP) is 6.55. The largest absolute Gasteiger partial charge is 0.324 e. The summed E-state index contributed by atoms with van der Waals surface area (Å²) >= 11 is 2.29. The molecule has 2 heterocycles. The number of unbranched alkanes of at least 4 members (excludes halogenated alkanes) is 8. The van der Waals surface area contributed by atoms with E-state index in [0.717, 1.165) is 35.7 Å². The summed E-state index contributed by atoms with van der Waals surface area (Å²) in [5.74, 6) is 0.718. The van der Waals surface area contributed by atoms with Gasteiger partial charge in [0.15, 0.2) is 5.16 Å². The molecule has 3 rings (SSSR count). The fourth-order valence-corrected chi connectivity index (χ4v) is 5.28. The van der Waals surface area contributed by atoms with Gasteiger partial charge in [-0.15, -0.1) is 10.2 Å². The highest BCUT2D eigenvalue weighted by Gasteiger charge is 2.15. The van der Waals surface area contributed by atoms with Gasteiger partial charge in [0.05, 0.1) is 21.8 Å². The Kier molecular flexibility index (Phi) is 12.3. The van der Waals surface area contributed by atoms with Crippen LogP contribution >= 0.6 is 23.1 Å². The Labute approximate surface area is 225 Å². The van der Waals surface area contributed by atoms with E-state index in [1.54, 1.807) is 6.07 Å². The normalized spacial score (nSPS) is 11.3. The highest BCUT2D eigenvalue weighted by molar-refractivity contribution is 7.99. The number of amides is 1. The molecular formula is C26H34N6O3S2. The van der Waals surface area contributed by atoms with E-state index in [-0.39, 0.29) is 16.7 Å². The summed E-state index contributed by atoms with van der Waals surface area (Å²) < 4.78 is 2.02. The molecule has 198 valence electrons. The molecule has 1 aromatic carbocycles. The molecule has 0 aliphatic carbocycles. The first-order valence-electron chi connectivity index (χ1n) is 12.8. The lowest BCUT2D eigenvalue weighted by Crippen LogP contribution is -2.19. The van der Waals surface area contributed by atoms with Crippen LogP contribution in [0.25, 0.3) is 5.69 Å². The van der Waals surface area contributed by atoms with Crippen molar-refractivity contribution in [2.75, 3.05) is 5.75 Å². The molecule has 0 radical (unpaired) electrons. The molecule has 0 aliphatic rings. The number of rotatable bonds is 17. The van der Waals surface area contributed by atoms with Crippen molar-refractivity contribution in [2.24, 2.45) is 5.10 Å². The van der Waals surface area contributed by atoms with Crippen molar-refractivity contribution in [3.63, 3.8) is 0 Å². The molecule has 37 heavy (non-hydrogen) atoms. The maximum absolute atomic E-state index is 12.3. The van der Waals surface area contributed by atoms with Crippen LogP contribution in [0.15, 0.2) is 52.7 Å². The first-order valence-corrected chi connectivity index (χ1v) is 14.6. The molecule has 0 spiro atoms. The first-order chi connectivity index (χ1) is 18.1. The predicted molar refractivity (Wildman–Crippen MR) is 150 cm³/mol. The van der Waals surface area contributed by atoms with Crippen LogP contribution in [0.2, 0.25) is 0 Å². The number of hydrogen-bond donors (Lipinski definition) is 1. The Morgan fingerprint density at radius 2 is 1.76 bits per heavy atom. The second-order valence-electron chi connectivity index (χ2n) is 8.66. The number of nitro groups is 1. The fraction of sp³-hybridized carbons (Fsp3) is 0.462. The van der Waals surface area contributed by atoms with E-state index < -0.39 is 4.92 Å². The van der Waals surface area contributed by atoms with Crippen LogP contribution in [-0.4, -0.2) is 37.6 Å². The van der Waals surface area contributed by atoms with Gasteiger partial charge in [-0.25, -0.2) is 5.43 Å².